The lowest BCUT2D eigenvalue weighted by Gasteiger charge is -2.58. The Kier molecular flexibility index (Phi) is 3.86. The maximum atomic E-state index is 11.3. The molecule has 4 aliphatic rings. The summed E-state index contributed by atoms with van der Waals surface area (Å²) in [6.07, 6.45) is 9.26. The van der Waals surface area contributed by atoms with Crippen LogP contribution in [-0.2, 0) is 0 Å². The third kappa shape index (κ3) is 2.15. The molecule has 0 bridgehead atoms. The zero-order valence-electron chi connectivity index (χ0n) is 16.1. The van der Waals surface area contributed by atoms with Gasteiger partial charge in [-0.05, 0) is 81.1 Å². The van der Waals surface area contributed by atoms with Gasteiger partial charge >= 0.3 is 0 Å². The van der Waals surface area contributed by atoms with Crippen molar-refractivity contribution in [3.05, 3.63) is 23.3 Å². The number of fused-ring (bicyclic) bond motifs is 5. The van der Waals surface area contributed by atoms with Gasteiger partial charge < -0.3 is 15.3 Å². The van der Waals surface area contributed by atoms with Crippen LogP contribution < -0.4 is 0 Å². The molecule has 4 rings (SSSR count). The van der Waals surface area contributed by atoms with Crippen molar-refractivity contribution in [1.82, 2.24) is 0 Å². The molecule has 0 spiro atoms. The van der Waals surface area contributed by atoms with Crippen LogP contribution in [0.25, 0.3) is 0 Å². The van der Waals surface area contributed by atoms with Gasteiger partial charge in [0.05, 0.1) is 17.8 Å². The monoisotopic (exact) mass is 346 g/mol. The van der Waals surface area contributed by atoms with Crippen molar-refractivity contribution in [2.24, 2.45) is 28.6 Å². The van der Waals surface area contributed by atoms with E-state index in [1.54, 1.807) is 6.92 Å². The molecular weight excluding hydrogens is 312 g/mol. The smallest absolute Gasteiger partial charge is 0.0958 e. The highest BCUT2D eigenvalue weighted by Gasteiger charge is 2.64. The van der Waals surface area contributed by atoms with Crippen LogP contribution in [0.2, 0.25) is 0 Å². The number of hydrogen-bond donors (Lipinski definition) is 3. The van der Waals surface area contributed by atoms with E-state index in [2.05, 4.69) is 32.9 Å². The minimum Gasteiger partial charge on any atom is -0.390 e. The molecule has 0 aromatic carbocycles. The van der Waals surface area contributed by atoms with Crippen LogP contribution in [0.4, 0.5) is 0 Å². The van der Waals surface area contributed by atoms with Gasteiger partial charge in [-0.2, -0.15) is 0 Å². The second-order valence-corrected chi connectivity index (χ2v) is 9.84. The predicted molar refractivity (Wildman–Crippen MR) is 98.9 cm³/mol. The second kappa shape index (κ2) is 5.43. The Bertz CT molecular complexity index is 635. The molecule has 8 atom stereocenters. The number of rotatable bonds is 1. The van der Waals surface area contributed by atoms with E-state index in [1.807, 2.05) is 0 Å². The molecule has 25 heavy (non-hydrogen) atoms. The quantitative estimate of drug-likeness (QED) is 0.680. The molecule has 0 saturated heterocycles. The minimum absolute atomic E-state index is 0.148. The summed E-state index contributed by atoms with van der Waals surface area (Å²) in [6.45, 7) is 8.57. The fraction of sp³-hybridized carbons (Fsp3) is 0.818. The molecule has 2 fully saturated rings. The zero-order valence-corrected chi connectivity index (χ0v) is 16.1. The Hall–Kier alpha value is -0.640. The fourth-order valence-electron chi connectivity index (χ4n) is 7.30. The molecule has 0 aromatic rings. The Morgan fingerprint density at radius 2 is 1.72 bits per heavy atom. The molecule has 0 amide bonds. The number of aliphatic hydroxyl groups excluding tert-OH is 2. The van der Waals surface area contributed by atoms with Crippen LogP contribution in [-0.4, -0.2) is 33.1 Å². The lowest BCUT2D eigenvalue weighted by molar-refractivity contribution is -0.164. The van der Waals surface area contributed by atoms with E-state index in [1.165, 1.54) is 11.1 Å². The molecule has 3 heteroatoms. The Balaban J connectivity index is 1.77. The lowest BCUT2D eigenvalue weighted by atomic mass is 9.47. The second-order valence-electron chi connectivity index (χ2n) is 9.84. The first-order valence-electron chi connectivity index (χ1n) is 10.1. The van der Waals surface area contributed by atoms with E-state index < -0.39 is 11.7 Å². The standard InChI is InChI=1S/C22H34O3/c1-13-11-16-17(20(3)8-5-15(24)12-19(13)20)6-9-21(4)18(16)7-10-22(21,25)14(2)23/h11-12,14-18,23-25H,5-10H2,1-4H3/t14-,15+,16?,17?,18?,20-,21+,22+/m1/s1. The van der Waals surface area contributed by atoms with E-state index in [-0.39, 0.29) is 16.9 Å². The summed E-state index contributed by atoms with van der Waals surface area (Å²) in [5, 5.41) is 31.8. The third-order valence-electron chi connectivity index (χ3n) is 8.86. The molecule has 0 radical (unpaired) electrons. The summed E-state index contributed by atoms with van der Waals surface area (Å²) < 4.78 is 0. The van der Waals surface area contributed by atoms with Gasteiger partial charge in [-0.1, -0.05) is 31.6 Å². The van der Waals surface area contributed by atoms with E-state index in [9.17, 15) is 15.3 Å². The van der Waals surface area contributed by atoms with Crippen molar-refractivity contribution in [3.8, 4) is 0 Å². The Morgan fingerprint density at radius 3 is 2.40 bits per heavy atom. The van der Waals surface area contributed by atoms with Crippen LogP contribution in [0.3, 0.4) is 0 Å². The fourth-order valence-corrected chi connectivity index (χ4v) is 7.30. The molecule has 3 N–H and O–H groups in total. The molecule has 140 valence electrons. The average Bonchev–Trinajstić information content (AvgIpc) is 2.83. The maximum Gasteiger partial charge on any atom is 0.0958 e. The minimum atomic E-state index is -0.954. The summed E-state index contributed by atoms with van der Waals surface area (Å²) in [7, 11) is 0. The first kappa shape index (κ1) is 17.8. The largest absolute Gasteiger partial charge is 0.390 e. The third-order valence-corrected chi connectivity index (χ3v) is 8.86. The van der Waals surface area contributed by atoms with Crippen molar-refractivity contribution in [2.45, 2.75) is 84.0 Å². The topological polar surface area (TPSA) is 60.7 Å². The molecule has 3 unspecified atom stereocenters. The van der Waals surface area contributed by atoms with Crippen LogP contribution in [0.15, 0.2) is 23.3 Å². The van der Waals surface area contributed by atoms with Crippen LogP contribution in [0.1, 0.15) is 66.2 Å². The number of allylic oxidation sites excluding steroid dienone is 3. The predicted octanol–water partition coefficient (Wildman–Crippen LogP) is 3.59. The van der Waals surface area contributed by atoms with Crippen molar-refractivity contribution >= 4 is 0 Å². The zero-order chi connectivity index (χ0) is 18.2. The summed E-state index contributed by atoms with van der Waals surface area (Å²) in [6, 6.07) is 0. The number of hydrogen-bond acceptors (Lipinski definition) is 3. The molecule has 0 aliphatic heterocycles. The Labute approximate surface area is 151 Å². The molecule has 0 heterocycles. The van der Waals surface area contributed by atoms with Gasteiger partial charge in [0.25, 0.3) is 0 Å². The van der Waals surface area contributed by atoms with E-state index in [4.69, 9.17) is 0 Å². The van der Waals surface area contributed by atoms with Crippen molar-refractivity contribution < 1.29 is 15.3 Å². The van der Waals surface area contributed by atoms with Crippen molar-refractivity contribution in [1.29, 1.82) is 0 Å². The molecule has 3 nitrogen and oxygen atoms in total. The van der Waals surface area contributed by atoms with Gasteiger partial charge in [0.2, 0.25) is 0 Å². The van der Waals surface area contributed by atoms with E-state index in [0.717, 1.165) is 32.1 Å². The lowest BCUT2D eigenvalue weighted by Crippen LogP contribution is -2.57. The number of aliphatic hydroxyl groups is 3. The van der Waals surface area contributed by atoms with E-state index >= 15 is 0 Å². The Morgan fingerprint density at radius 1 is 1.04 bits per heavy atom. The summed E-state index contributed by atoms with van der Waals surface area (Å²) >= 11 is 0. The highest BCUT2D eigenvalue weighted by Crippen LogP contribution is 2.67. The van der Waals surface area contributed by atoms with Gasteiger partial charge in [0, 0.05) is 5.41 Å². The average molecular weight is 347 g/mol. The maximum absolute atomic E-state index is 11.3. The van der Waals surface area contributed by atoms with Gasteiger partial charge in [0.15, 0.2) is 0 Å². The van der Waals surface area contributed by atoms with Gasteiger partial charge in [-0.25, -0.2) is 0 Å². The van der Waals surface area contributed by atoms with Crippen molar-refractivity contribution in [2.75, 3.05) is 0 Å². The van der Waals surface area contributed by atoms with Gasteiger partial charge in [-0.3, -0.25) is 0 Å². The molecular formula is C22H34O3. The van der Waals surface area contributed by atoms with E-state index in [0.29, 0.717) is 24.2 Å². The van der Waals surface area contributed by atoms with Crippen LogP contribution in [0, 0.1) is 28.6 Å². The first-order valence-corrected chi connectivity index (χ1v) is 10.1. The summed E-state index contributed by atoms with van der Waals surface area (Å²) in [5.41, 5.74) is 1.67. The first-order chi connectivity index (χ1) is 11.6. The summed E-state index contributed by atoms with van der Waals surface area (Å²) in [4.78, 5) is 0. The van der Waals surface area contributed by atoms with Gasteiger partial charge in [-0.15, -0.1) is 0 Å². The van der Waals surface area contributed by atoms with Crippen LogP contribution >= 0.6 is 0 Å². The van der Waals surface area contributed by atoms with Gasteiger partial charge in [0.1, 0.15) is 0 Å². The molecule has 2 saturated carbocycles. The molecule has 0 aromatic heterocycles. The van der Waals surface area contributed by atoms with Crippen molar-refractivity contribution in [3.63, 3.8) is 0 Å². The molecule has 4 aliphatic carbocycles. The highest BCUT2D eigenvalue weighted by molar-refractivity contribution is 5.43. The normalized spacial score (nSPS) is 53.2. The summed E-state index contributed by atoms with van der Waals surface area (Å²) in [5.74, 6) is 1.50. The highest BCUT2D eigenvalue weighted by atomic mass is 16.3. The SMILES string of the molecule is CC1=CC2C(CC[C@@]3(C)C2CC[C@]3(O)[C@@H](C)O)[C@@]2(C)CC[C@H](O)C=C12. The van der Waals surface area contributed by atoms with Crippen LogP contribution in [0.5, 0.6) is 0 Å².